The molecular weight excluding hydrogens is 196 g/mol. The lowest BCUT2D eigenvalue weighted by atomic mass is 9.78. The van der Waals surface area contributed by atoms with E-state index < -0.39 is 0 Å². The van der Waals surface area contributed by atoms with Crippen LogP contribution in [0.15, 0.2) is 12.5 Å². The lowest BCUT2D eigenvalue weighted by Gasteiger charge is -2.27. The van der Waals surface area contributed by atoms with Gasteiger partial charge in [0.2, 0.25) is 0 Å². The van der Waals surface area contributed by atoms with E-state index in [-0.39, 0.29) is 5.41 Å². The summed E-state index contributed by atoms with van der Waals surface area (Å²) in [5.41, 5.74) is 1.56. The van der Waals surface area contributed by atoms with Crippen molar-refractivity contribution >= 4 is 0 Å². The average molecular weight is 222 g/mol. The monoisotopic (exact) mass is 222 g/mol. The van der Waals surface area contributed by atoms with Gasteiger partial charge in [0.25, 0.3) is 0 Å². The first-order valence-corrected chi connectivity index (χ1v) is 6.61. The van der Waals surface area contributed by atoms with Gasteiger partial charge < -0.3 is 4.57 Å². The summed E-state index contributed by atoms with van der Waals surface area (Å²) in [5.74, 6) is 0. The standard InChI is InChI=1S/C14H26N2/c1-5-7-9-14(3,10-8-6-2)13-11-16(4)12-15-13/h11-12H,5-10H2,1-4H3. The summed E-state index contributed by atoms with van der Waals surface area (Å²) in [6.07, 6.45) is 11.8. The van der Waals surface area contributed by atoms with Crippen LogP contribution in [0.2, 0.25) is 0 Å². The third kappa shape index (κ3) is 3.36. The van der Waals surface area contributed by atoms with Crippen molar-refractivity contribution in [1.29, 1.82) is 0 Å². The van der Waals surface area contributed by atoms with E-state index in [0.717, 1.165) is 0 Å². The van der Waals surface area contributed by atoms with Crippen molar-refractivity contribution in [3.8, 4) is 0 Å². The number of rotatable bonds is 7. The second-order valence-electron chi connectivity index (χ2n) is 5.19. The first kappa shape index (κ1) is 13.3. The van der Waals surface area contributed by atoms with Gasteiger partial charge in [0.05, 0.1) is 12.0 Å². The van der Waals surface area contributed by atoms with Crippen LogP contribution in [0.3, 0.4) is 0 Å². The van der Waals surface area contributed by atoms with Crippen LogP contribution in [0, 0.1) is 0 Å². The van der Waals surface area contributed by atoms with Crippen molar-refractivity contribution in [2.75, 3.05) is 0 Å². The normalized spacial score (nSPS) is 12.0. The van der Waals surface area contributed by atoms with E-state index in [2.05, 4.69) is 43.6 Å². The number of nitrogens with zero attached hydrogens (tertiary/aromatic N) is 2. The Bertz CT molecular complexity index is 293. The summed E-state index contributed by atoms with van der Waals surface area (Å²) in [4.78, 5) is 4.56. The van der Waals surface area contributed by atoms with E-state index in [9.17, 15) is 0 Å². The summed E-state index contributed by atoms with van der Waals surface area (Å²) in [6, 6.07) is 0. The van der Waals surface area contributed by atoms with Gasteiger partial charge in [-0.1, -0.05) is 46.5 Å². The summed E-state index contributed by atoms with van der Waals surface area (Å²) in [6.45, 7) is 6.90. The van der Waals surface area contributed by atoms with Gasteiger partial charge in [-0.2, -0.15) is 0 Å². The minimum Gasteiger partial charge on any atom is -0.340 e. The van der Waals surface area contributed by atoms with Crippen LogP contribution < -0.4 is 0 Å². The Hall–Kier alpha value is -0.790. The zero-order valence-corrected chi connectivity index (χ0v) is 11.3. The molecule has 0 fully saturated rings. The molecule has 0 aliphatic rings. The molecule has 1 rings (SSSR count). The summed E-state index contributed by atoms with van der Waals surface area (Å²) in [7, 11) is 2.05. The molecule has 0 spiro atoms. The van der Waals surface area contributed by atoms with Crippen LogP contribution >= 0.6 is 0 Å². The van der Waals surface area contributed by atoms with Gasteiger partial charge in [-0.15, -0.1) is 0 Å². The Labute approximate surface area is 100 Å². The molecule has 0 saturated carbocycles. The fourth-order valence-electron chi connectivity index (χ4n) is 2.24. The van der Waals surface area contributed by atoms with Crippen LogP contribution in [0.4, 0.5) is 0 Å². The topological polar surface area (TPSA) is 17.8 Å². The van der Waals surface area contributed by atoms with E-state index in [1.807, 2.05) is 6.33 Å². The molecule has 1 aromatic rings. The Morgan fingerprint density at radius 1 is 1.19 bits per heavy atom. The van der Waals surface area contributed by atoms with Crippen molar-refractivity contribution in [2.45, 2.75) is 64.7 Å². The maximum atomic E-state index is 4.56. The Morgan fingerprint density at radius 2 is 1.75 bits per heavy atom. The van der Waals surface area contributed by atoms with Gasteiger partial charge in [0.1, 0.15) is 0 Å². The summed E-state index contributed by atoms with van der Waals surface area (Å²) < 4.78 is 2.06. The van der Waals surface area contributed by atoms with Crippen LogP contribution in [-0.2, 0) is 12.5 Å². The fourth-order valence-corrected chi connectivity index (χ4v) is 2.24. The van der Waals surface area contributed by atoms with Crippen LogP contribution in [0.1, 0.15) is 65.0 Å². The molecule has 0 aromatic carbocycles. The maximum Gasteiger partial charge on any atom is 0.0947 e. The van der Waals surface area contributed by atoms with Crippen molar-refractivity contribution in [3.05, 3.63) is 18.2 Å². The Kier molecular flexibility index (Phi) is 5.04. The fraction of sp³-hybridized carbons (Fsp3) is 0.786. The molecule has 92 valence electrons. The van der Waals surface area contributed by atoms with Gasteiger partial charge in [-0.05, 0) is 12.8 Å². The first-order chi connectivity index (χ1) is 7.62. The molecule has 0 unspecified atom stereocenters. The highest BCUT2D eigenvalue weighted by Crippen LogP contribution is 2.33. The largest absolute Gasteiger partial charge is 0.340 e. The molecule has 0 amide bonds. The molecule has 0 bridgehead atoms. The van der Waals surface area contributed by atoms with Gasteiger partial charge in [-0.25, -0.2) is 4.98 Å². The molecule has 1 heterocycles. The van der Waals surface area contributed by atoms with Gasteiger partial charge in [-0.3, -0.25) is 0 Å². The average Bonchev–Trinajstić information content (AvgIpc) is 2.71. The second kappa shape index (κ2) is 6.07. The number of hydrogen-bond acceptors (Lipinski definition) is 1. The second-order valence-corrected chi connectivity index (χ2v) is 5.19. The molecule has 0 atom stereocenters. The minimum atomic E-state index is 0.285. The molecule has 16 heavy (non-hydrogen) atoms. The minimum absolute atomic E-state index is 0.285. The summed E-state index contributed by atoms with van der Waals surface area (Å²) >= 11 is 0. The third-order valence-corrected chi connectivity index (χ3v) is 3.49. The van der Waals surface area contributed by atoms with E-state index in [1.165, 1.54) is 44.2 Å². The SMILES string of the molecule is CCCCC(C)(CCCC)c1cn(C)cn1. The maximum absolute atomic E-state index is 4.56. The van der Waals surface area contributed by atoms with E-state index in [0.29, 0.717) is 0 Å². The molecule has 0 aliphatic heterocycles. The third-order valence-electron chi connectivity index (χ3n) is 3.49. The lowest BCUT2D eigenvalue weighted by Crippen LogP contribution is -2.22. The number of aromatic nitrogens is 2. The first-order valence-electron chi connectivity index (χ1n) is 6.61. The molecular formula is C14H26N2. The summed E-state index contributed by atoms with van der Waals surface area (Å²) in [5, 5.41) is 0. The highest BCUT2D eigenvalue weighted by Gasteiger charge is 2.27. The number of hydrogen-bond donors (Lipinski definition) is 0. The molecule has 2 nitrogen and oxygen atoms in total. The van der Waals surface area contributed by atoms with Crippen molar-refractivity contribution in [1.82, 2.24) is 9.55 Å². The molecule has 1 aromatic heterocycles. The van der Waals surface area contributed by atoms with Crippen molar-refractivity contribution in [3.63, 3.8) is 0 Å². The predicted molar refractivity (Wildman–Crippen MR) is 69.6 cm³/mol. The molecule has 0 N–H and O–H groups in total. The van der Waals surface area contributed by atoms with Crippen LogP contribution in [0.5, 0.6) is 0 Å². The van der Waals surface area contributed by atoms with Gasteiger partial charge in [0, 0.05) is 18.7 Å². The van der Waals surface area contributed by atoms with Gasteiger partial charge in [0.15, 0.2) is 0 Å². The zero-order chi connectivity index (χ0) is 12.0. The Morgan fingerprint density at radius 3 is 2.12 bits per heavy atom. The highest BCUT2D eigenvalue weighted by molar-refractivity contribution is 5.12. The van der Waals surface area contributed by atoms with Crippen molar-refractivity contribution in [2.24, 2.45) is 7.05 Å². The number of aryl methyl sites for hydroxylation is 1. The smallest absolute Gasteiger partial charge is 0.0947 e. The zero-order valence-electron chi connectivity index (χ0n) is 11.3. The molecule has 2 heteroatoms. The number of imidazole rings is 1. The molecule has 0 saturated heterocycles. The van der Waals surface area contributed by atoms with Crippen molar-refractivity contribution < 1.29 is 0 Å². The van der Waals surface area contributed by atoms with E-state index in [1.54, 1.807) is 0 Å². The van der Waals surface area contributed by atoms with Crippen LogP contribution in [0.25, 0.3) is 0 Å². The Balaban J connectivity index is 2.76. The molecule has 0 aliphatic carbocycles. The number of unbranched alkanes of at least 4 members (excludes halogenated alkanes) is 2. The molecule has 0 radical (unpaired) electrons. The van der Waals surface area contributed by atoms with Crippen LogP contribution in [-0.4, -0.2) is 9.55 Å². The quantitative estimate of drug-likeness (QED) is 0.680. The van der Waals surface area contributed by atoms with E-state index >= 15 is 0 Å². The van der Waals surface area contributed by atoms with Gasteiger partial charge >= 0.3 is 0 Å². The predicted octanol–water partition coefficient (Wildman–Crippen LogP) is 4.06. The lowest BCUT2D eigenvalue weighted by molar-refractivity contribution is 0.366. The highest BCUT2D eigenvalue weighted by atomic mass is 15.0. The van der Waals surface area contributed by atoms with E-state index in [4.69, 9.17) is 0 Å².